The SMILES string of the molecule is Cc1cc(C)n(-c2cc(N3CCN(C(=O)c4cc(Cl)ccc4Cl)CC3)nc(C)n2)n1. The minimum Gasteiger partial charge on any atom is -0.353 e. The van der Waals surface area contributed by atoms with E-state index in [9.17, 15) is 4.79 Å². The molecule has 1 aliphatic rings. The molecule has 1 aliphatic heterocycles. The minimum absolute atomic E-state index is 0.107. The first-order valence-corrected chi connectivity index (χ1v) is 10.5. The van der Waals surface area contributed by atoms with Crippen LogP contribution in [0.4, 0.5) is 5.82 Å². The first kappa shape index (κ1) is 20.6. The summed E-state index contributed by atoms with van der Waals surface area (Å²) in [6.07, 6.45) is 0. The van der Waals surface area contributed by atoms with Crippen LogP contribution in [0.3, 0.4) is 0 Å². The molecule has 0 unspecified atom stereocenters. The van der Waals surface area contributed by atoms with Crippen molar-refractivity contribution in [3.63, 3.8) is 0 Å². The van der Waals surface area contributed by atoms with Crippen molar-refractivity contribution in [1.29, 1.82) is 0 Å². The number of amides is 1. The largest absolute Gasteiger partial charge is 0.353 e. The van der Waals surface area contributed by atoms with Crippen LogP contribution in [-0.4, -0.2) is 56.7 Å². The molecule has 3 aromatic rings. The van der Waals surface area contributed by atoms with E-state index in [1.807, 2.05) is 37.6 Å². The lowest BCUT2D eigenvalue weighted by Crippen LogP contribution is -2.49. The number of aryl methyl sites for hydroxylation is 3. The summed E-state index contributed by atoms with van der Waals surface area (Å²) in [4.78, 5) is 26.0. The lowest BCUT2D eigenvalue weighted by atomic mass is 10.1. The standard InChI is InChI=1S/C21H22Cl2N6O/c1-13-10-14(2)29(26-13)20-12-19(24-15(3)25-20)27-6-8-28(9-7-27)21(30)17-11-16(22)4-5-18(17)23/h4-5,10-12H,6-9H2,1-3H3. The summed E-state index contributed by atoms with van der Waals surface area (Å²) >= 11 is 12.2. The van der Waals surface area contributed by atoms with Gasteiger partial charge in [0.15, 0.2) is 5.82 Å². The van der Waals surface area contributed by atoms with Gasteiger partial charge in [-0.15, -0.1) is 0 Å². The van der Waals surface area contributed by atoms with E-state index in [1.165, 1.54) is 0 Å². The van der Waals surface area contributed by atoms with E-state index in [1.54, 1.807) is 23.1 Å². The Morgan fingerprint density at radius 2 is 1.63 bits per heavy atom. The molecule has 1 fully saturated rings. The van der Waals surface area contributed by atoms with Crippen LogP contribution in [0, 0.1) is 20.8 Å². The van der Waals surface area contributed by atoms with Crippen LogP contribution in [0.2, 0.25) is 10.0 Å². The van der Waals surface area contributed by atoms with Crippen molar-refractivity contribution in [3.8, 4) is 5.82 Å². The van der Waals surface area contributed by atoms with Gasteiger partial charge >= 0.3 is 0 Å². The molecule has 4 rings (SSSR count). The zero-order valence-corrected chi connectivity index (χ0v) is 18.6. The van der Waals surface area contributed by atoms with Crippen molar-refractivity contribution in [2.24, 2.45) is 0 Å². The number of carbonyl (C=O) groups excluding carboxylic acids is 1. The Morgan fingerprint density at radius 3 is 2.30 bits per heavy atom. The normalized spacial score (nSPS) is 14.3. The van der Waals surface area contributed by atoms with Crippen molar-refractivity contribution in [2.45, 2.75) is 20.8 Å². The first-order valence-electron chi connectivity index (χ1n) is 9.70. The molecule has 0 saturated carbocycles. The number of carbonyl (C=O) groups is 1. The number of nitrogens with zero attached hydrogens (tertiary/aromatic N) is 6. The van der Waals surface area contributed by atoms with Crippen molar-refractivity contribution in [1.82, 2.24) is 24.6 Å². The highest BCUT2D eigenvalue weighted by Crippen LogP contribution is 2.24. The Labute approximate surface area is 185 Å². The number of rotatable bonds is 3. The van der Waals surface area contributed by atoms with Crippen LogP contribution < -0.4 is 4.90 Å². The highest BCUT2D eigenvalue weighted by Gasteiger charge is 2.25. The van der Waals surface area contributed by atoms with Crippen molar-refractivity contribution in [3.05, 3.63) is 63.2 Å². The Balaban J connectivity index is 1.51. The molecular formula is C21H22Cl2N6O. The molecule has 0 bridgehead atoms. The predicted octanol–water partition coefficient (Wildman–Crippen LogP) is 3.86. The zero-order valence-electron chi connectivity index (χ0n) is 17.1. The third-order valence-electron chi connectivity index (χ3n) is 5.09. The van der Waals surface area contributed by atoms with Gasteiger partial charge in [-0.1, -0.05) is 23.2 Å². The van der Waals surface area contributed by atoms with Gasteiger partial charge < -0.3 is 9.80 Å². The Kier molecular flexibility index (Phi) is 5.66. The average Bonchev–Trinajstić information content (AvgIpc) is 3.07. The molecule has 1 amide bonds. The summed E-state index contributed by atoms with van der Waals surface area (Å²) in [5.74, 6) is 2.15. The third kappa shape index (κ3) is 4.13. The Hall–Kier alpha value is -2.64. The van der Waals surface area contributed by atoms with Gasteiger partial charge in [-0.3, -0.25) is 4.79 Å². The number of hydrogen-bond acceptors (Lipinski definition) is 5. The maximum absolute atomic E-state index is 12.9. The van der Waals surface area contributed by atoms with E-state index in [0.717, 1.165) is 23.0 Å². The fourth-order valence-electron chi connectivity index (χ4n) is 3.64. The van der Waals surface area contributed by atoms with Crippen LogP contribution in [0.25, 0.3) is 5.82 Å². The number of anilines is 1. The average molecular weight is 445 g/mol. The molecule has 30 heavy (non-hydrogen) atoms. The molecule has 0 spiro atoms. The quantitative estimate of drug-likeness (QED) is 0.613. The van der Waals surface area contributed by atoms with E-state index in [4.69, 9.17) is 23.2 Å². The number of piperazine rings is 1. The monoisotopic (exact) mass is 444 g/mol. The van der Waals surface area contributed by atoms with Crippen molar-refractivity contribution < 1.29 is 4.79 Å². The Bertz CT molecular complexity index is 1100. The first-order chi connectivity index (χ1) is 14.3. The second-order valence-corrected chi connectivity index (χ2v) is 8.22. The van der Waals surface area contributed by atoms with E-state index >= 15 is 0 Å². The molecule has 3 heterocycles. The van der Waals surface area contributed by atoms with Gasteiger partial charge in [0.25, 0.3) is 5.91 Å². The molecule has 7 nitrogen and oxygen atoms in total. The molecule has 1 saturated heterocycles. The van der Waals surface area contributed by atoms with Gasteiger partial charge in [-0.05, 0) is 45.0 Å². The Morgan fingerprint density at radius 1 is 0.933 bits per heavy atom. The molecule has 156 valence electrons. The topological polar surface area (TPSA) is 67.2 Å². The summed E-state index contributed by atoms with van der Waals surface area (Å²) in [7, 11) is 0. The van der Waals surface area contributed by atoms with Gasteiger partial charge in [0.05, 0.1) is 16.3 Å². The van der Waals surface area contributed by atoms with Crippen LogP contribution in [0.1, 0.15) is 27.6 Å². The van der Waals surface area contributed by atoms with Crippen LogP contribution >= 0.6 is 23.2 Å². The molecule has 0 radical (unpaired) electrons. The second kappa shape index (κ2) is 8.24. The minimum atomic E-state index is -0.107. The molecule has 9 heteroatoms. The number of benzene rings is 1. The summed E-state index contributed by atoms with van der Waals surface area (Å²) in [6, 6.07) is 8.90. The molecule has 0 aliphatic carbocycles. The highest BCUT2D eigenvalue weighted by atomic mass is 35.5. The smallest absolute Gasteiger partial charge is 0.255 e. The number of halogens is 2. The maximum atomic E-state index is 12.9. The molecule has 1 aromatic carbocycles. The fourth-order valence-corrected chi connectivity index (χ4v) is 4.01. The van der Waals surface area contributed by atoms with Gasteiger partial charge in [-0.25, -0.2) is 14.6 Å². The summed E-state index contributed by atoms with van der Waals surface area (Å²) in [6.45, 7) is 8.30. The zero-order chi connectivity index (χ0) is 21.4. The molecular weight excluding hydrogens is 423 g/mol. The van der Waals surface area contributed by atoms with Gasteiger partial charge in [0, 0.05) is 43.0 Å². The van der Waals surface area contributed by atoms with Crippen LogP contribution in [0.5, 0.6) is 0 Å². The maximum Gasteiger partial charge on any atom is 0.255 e. The van der Waals surface area contributed by atoms with Crippen molar-refractivity contribution in [2.75, 3.05) is 31.1 Å². The van der Waals surface area contributed by atoms with Gasteiger partial charge in [-0.2, -0.15) is 5.10 Å². The number of aromatic nitrogens is 4. The second-order valence-electron chi connectivity index (χ2n) is 7.37. The van der Waals surface area contributed by atoms with Crippen LogP contribution in [0.15, 0.2) is 30.3 Å². The van der Waals surface area contributed by atoms with Gasteiger partial charge in [0.1, 0.15) is 11.6 Å². The number of hydrogen-bond donors (Lipinski definition) is 0. The predicted molar refractivity (Wildman–Crippen MR) is 118 cm³/mol. The van der Waals surface area contributed by atoms with Crippen LogP contribution in [-0.2, 0) is 0 Å². The van der Waals surface area contributed by atoms with E-state index < -0.39 is 0 Å². The van der Waals surface area contributed by atoms with E-state index in [0.29, 0.717) is 47.6 Å². The fraction of sp³-hybridized carbons (Fsp3) is 0.333. The summed E-state index contributed by atoms with van der Waals surface area (Å²) < 4.78 is 1.83. The lowest BCUT2D eigenvalue weighted by molar-refractivity contribution is 0.0746. The third-order valence-corrected chi connectivity index (χ3v) is 5.65. The summed E-state index contributed by atoms with van der Waals surface area (Å²) in [5, 5.41) is 5.43. The molecule has 0 atom stereocenters. The van der Waals surface area contributed by atoms with E-state index in [-0.39, 0.29) is 5.91 Å². The van der Waals surface area contributed by atoms with E-state index in [2.05, 4.69) is 20.0 Å². The van der Waals surface area contributed by atoms with Gasteiger partial charge in [0.2, 0.25) is 0 Å². The molecule has 0 N–H and O–H groups in total. The lowest BCUT2D eigenvalue weighted by Gasteiger charge is -2.35. The molecule has 2 aromatic heterocycles. The van der Waals surface area contributed by atoms with Crippen molar-refractivity contribution >= 4 is 34.9 Å². The summed E-state index contributed by atoms with van der Waals surface area (Å²) in [5.41, 5.74) is 2.39. The highest BCUT2D eigenvalue weighted by molar-refractivity contribution is 6.35.